The first-order valence-electron chi connectivity index (χ1n) is 6.13. The van der Waals surface area contributed by atoms with Crippen molar-refractivity contribution >= 4 is 5.91 Å². The summed E-state index contributed by atoms with van der Waals surface area (Å²) in [5.41, 5.74) is 5.12. The number of alkyl halides is 3. The van der Waals surface area contributed by atoms with Crippen LogP contribution in [0.1, 0.15) is 36.2 Å². The third-order valence-corrected chi connectivity index (χ3v) is 3.55. The van der Waals surface area contributed by atoms with Gasteiger partial charge in [0.25, 0.3) is 5.91 Å². The highest BCUT2D eigenvalue weighted by Gasteiger charge is 2.41. The Hall–Kier alpha value is -1.60. The number of nitrogens with two attached hydrogens (primary N) is 1. The summed E-state index contributed by atoms with van der Waals surface area (Å²) in [4.78, 5) is 10.8. The molecule has 2 rings (SSSR count). The Morgan fingerprint density at radius 2 is 2.00 bits per heavy atom. The maximum absolute atomic E-state index is 12.5. The molecule has 0 aromatic carbocycles. The Morgan fingerprint density at radius 1 is 1.37 bits per heavy atom. The van der Waals surface area contributed by atoms with Crippen molar-refractivity contribution in [1.29, 1.82) is 0 Å². The smallest absolute Gasteiger partial charge is 0.364 e. The van der Waals surface area contributed by atoms with E-state index in [1.807, 2.05) is 0 Å². The van der Waals surface area contributed by atoms with Gasteiger partial charge in [-0.25, -0.2) is 0 Å². The van der Waals surface area contributed by atoms with Crippen molar-refractivity contribution in [2.75, 3.05) is 0 Å². The molecule has 1 fully saturated rings. The zero-order chi connectivity index (χ0) is 14.0. The van der Waals surface area contributed by atoms with E-state index in [2.05, 4.69) is 10.3 Å². The Kier molecular flexibility index (Phi) is 3.77. The van der Waals surface area contributed by atoms with Crippen LogP contribution in [0.5, 0.6) is 0 Å². The molecule has 1 aliphatic carbocycles. The van der Waals surface area contributed by atoms with Gasteiger partial charge in [-0.1, -0.05) is 5.21 Å². The van der Waals surface area contributed by atoms with Crippen LogP contribution in [-0.2, 0) is 6.54 Å². The SMILES string of the molecule is NC(=O)c1cn(CC2CCC(C(F)(F)F)CC2)nn1. The molecule has 1 aromatic heterocycles. The van der Waals surface area contributed by atoms with Crippen molar-refractivity contribution in [3.05, 3.63) is 11.9 Å². The fourth-order valence-electron chi connectivity index (χ4n) is 2.44. The first kappa shape index (κ1) is 13.8. The van der Waals surface area contributed by atoms with E-state index >= 15 is 0 Å². The van der Waals surface area contributed by atoms with Gasteiger partial charge >= 0.3 is 6.18 Å². The fourth-order valence-corrected chi connectivity index (χ4v) is 2.44. The number of primary amides is 1. The lowest BCUT2D eigenvalue weighted by molar-refractivity contribution is -0.184. The van der Waals surface area contributed by atoms with Crippen LogP contribution in [0, 0.1) is 11.8 Å². The summed E-state index contributed by atoms with van der Waals surface area (Å²) in [5, 5.41) is 7.34. The molecule has 0 unspecified atom stereocenters. The van der Waals surface area contributed by atoms with E-state index in [4.69, 9.17) is 5.73 Å². The van der Waals surface area contributed by atoms with Crippen LogP contribution >= 0.6 is 0 Å². The lowest BCUT2D eigenvalue weighted by Crippen LogP contribution is -2.29. The molecule has 1 saturated carbocycles. The van der Waals surface area contributed by atoms with Crippen LogP contribution in [0.3, 0.4) is 0 Å². The molecule has 0 bridgehead atoms. The van der Waals surface area contributed by atoms with Gasteiger partial charge in [0.05, 0.1) is 12.1 Å². The van der Waals surface area contributed by atoms with Gasteiger partial charge in [-0.3, -0.25) is 9.48 Å². The fraction of sp³-hybridized carbons (Fsp3) is 0.727. The first-order chi connectivity index (χ1) is 8.86. The van der Waals surface area contributed by atoms with E-state index < -0.39 is 18.0 Å². The molecule has 5 nitrogen and oxygen atoms in total. The molecule has 1 aromatic rings. The van der Waals surface area contributed by atoms with Gasteiger partial charge in [0, 0.05) is 6.54 Å². The van der Waals surface area contributed by atoms with Crippen LogP contribution in [0.2, 0.25) is 0 Å². The van der Waals surface area contributed by atoms with Gasteiger partial charge in [-0.2, -0.15) is 13.2 Å². The minimum Gasteiger partial charge on any atom is -0.364 e. The molecule has 106 valence electrons. The Balaban J connectivity index is 1.87. The van der Waals surface area contributed by atoms with Gasteiger partial charge in [-0.15, -0.1) is 5.10 Å². The predicted octanol–water partition coefficient (Wildman–Crippen LogP) is 1.75. The molecule has 0 atom stereocenters. The normalized spacial score (nSPS) is 24.4. The number of carbonyl (C=O) groups excluding carboxylic acids is 1. The number of rotatable bonds is 3. The second-order valence-electron chi connectivity index (χ2n) is 4.95. The van der Waals surface area contributed by atoms with Crippen LogP contribution in [0.25, 0.3) is 0 Å². The largest absolute Gasteiger partial charge is 0.391 e. The summed E-state index contributed by atoms with van der Waals surface area (Å²) in [7, 11) is 0. The monoisotopic (exact) mass is 276 g/mol. The second-order valence-corrected chi connectivity index (χ2v) is 4.95. The number of nitrogens with zero attached hydrogens (tertiary/aromatic N) is 3. The number of hydrogen-bond acceptors (Lipinski definition) is 3. The highest BCUT2D eigenvalue weighted by atomic mass is 19.4. The number of carbonyl (C=O) groups is 1. The molecular weight excluding hydrogens is 261 g/mol. The Bertz CT molecular complexity index is 449. The summed E-state index contributed by atoms with van der Waals surface area (Å²) in [6, 6.07) is 0. The zero-order valence-electron chi connectivity index (χ0n) is 10.2. The molecule has 19 heavy (non-hydrogen) atoms. The highest BCUT2D eigenvalue weighted by Crippen LogP contribution is 2.39. The maximum Gasteiger partial charge on any atom is 0.391 e. The minimum atomic E-state index is -4.09. The molecule has 0 spiro atoms. The summed E-state index contributed by atoms with van der Waals surface area (Å²) in [5.74, 6) is -1.70. The van der Waals surface area contributed by atoms with E-state index in [0.717, 1.165) is 0 Å². The van der Waals surface area contributed by atoms with Crippen LogP contribution < -0.4 is 5.73 Å². The van der Waals surface area contributed by atoms with E-state index in [1.165, 1.54) is 10.9 Å². The van der Waals surface area contributed by atoms with Crippen molar-refractivity contribution in [3.63, 3.8) is 0 Å². The molecule has 8 heteroatoms. The minimum absolute atomic E-state index is 0.0731. The Morgan fingerprint density at radius 3 is 2.47 bits per heavy atom. The van der Waals surface area contributed by atoms with Crippen molar-refractivity contribution in [2.24, 2.45) is 17.6 Å². The van der Waals surface area contributed by atoms with Gasteiger partial charge in [-0.05, 0) is 31.6 Å². The van der Waals surface area contributed by atoms with Crippen LogP contribution in [0.15, 0.2) is 6.20 Å². The van der Waals surface area contributed by atoms with Gasteiger partial charge < -0.3 is 5.73 Å². The van der Waals surface area contributed by atoms with E-state index in [9.17, 15) is 18.0 Å². The maximum atomic E-state index is 12.5. The third kappa shape index (κ3) is 3.45. The summed E-state index contributed by atoms with van der Waals surface area (Å²) in [6.07, 6.45) is -1.32. The van der Waals surface area contributed by atoms with Gasteiger partial charge in [0.2, 0.25) is 0 Å². The number of hydrogen-bond donors (Lipinski definition) is 1. The first-order valence-corrected chi connectivity index (χ1v) is 6.13. The Labute approximate surface area is 108 Å². The molecule has 1 amide bonds. The van der Waals surface area contributed by atoms with E-state index in [-0.39, 0.29) is 24.5 Å². The van der Waals surface area contributed by atoms with Crippen LogP contribution in [-0.4, -0.2) is 27.1 Å². The van der Waals surface area contributed by atoms with Crippen molar-refractivity contribution in [1.82, 2.24) is 15.0 Å². The number of amides is 1. The molecule has 1 aliphatic rings. The number of aromatic nitrogens is 3. The molecular formula is C11H15F3N4O. The van der Waals surface area contributed by atoms with Gasteiger partial charge in [0.1, 0.15) is 0 Å². The molecule has 2 N–H and O–H groups in total. The van der Waals surface area contributed by atoms with Gasteiger partial charge in [0.15, 0.2) is 5.69 Å². The molecule has 0 saturated heterocycles. The van der Waals surface area contributed by atoms with Crippen molar-refractivity contribution in [3.8, 4) is 0 Å². The molecule has 1 heterocycles. The number of halogens is 3. The van der Waals surface area contributed by atoms with Crippen molar-refractivity contribution in [2.45, 2.75) is 38.4 Å². The average Bonchev–Trinajstić information content (AvgIpc) is 2.77. The average molecular weight is 276 g/mol. The predicted molar refractivity (Wildman–Crippen MR) is 60.0 cm³/mol. The standard InChI is InChI=1S/C11H15F3N4O/c12-11(13,14)8-3-1-7(2-4-8)5-18-6-9(10(15)19)16-17-18/h6-8H,1-5H2,(H2,15,19). The van der Waals surface area contributed by atoms with E-state index in [0.29, 0.717) is 19.4 Å². The lowest BCUT2D eigenvalue weighted by Gasteiger charge is -2.29. The lowest BCUT2D eigenvalue weighted by atomic mass is 9.81. The van der Waals surface area contributed by atoms with E-state index in [1.54, 1.807) is 0 Å². The summed E-state index contributed by atoms with van der Waals surface area (Å²) < 4.78 is 39.0. The topological polar surface area (TPSA) is 73.8 Å². The summed E-state index contributed by atoms with van der Waals surface area (Å²) >= 11 is 0. The zero-order valence-corrected chi connectivity index (χ0v) is 10.2. The highest BCUT2D eigenvalue weighted by molar-refractivity contribution is 5.90. The van der Waals surface area contributed by atoms with Crippen molar-refractivity contribution < 1.29 is 18.0 Å². The molecule has 0 radical (unpaired) electrons. The quantitative estimate of drug-likeness (QED) is 0.913. The third-order valence-electron chi connectivity index (χ3n) is 3.55. The second kappa shape index (κ2) is 5.18. The summed E-state index contributed by atoms with van der Waals surface area (Å²) in [6.45, 7) is 0.477. The molecule has 0 aliphatic heterocycles. The van der Waals surface area contributed by atoms with Crippen LogP contribution in [0.4, 0.5) is 13.2 Å².